The van der Waals surface area contributed by atoms with Crippen molar-refractivity contribution in [2.45, 2.75) is 45.6 Å². The Hall–Kier alpha value is -2.94. The van der Waals surface area contributed by atoms with E-state index in [0.29, 0.717) is 27.7 Å². The number of aromatic nitrogens is 3. The first-order valence-electron chi connectivity index (χ1n) is 13.6. The van der Waals surface area contributed by atoms with Crippen molar-refractivity contribution < 1.29 is 9.53 Å². The summed E-state index contributed by atoms with van der Waals surface area (Å²) in [5.41, 5.74) is 2.62. The second-order valence-electron chi connectivity index (χ2n) is 10.4. The third-order valence-corrected chi connectivity index (χ3v) is 7.71. The Labute approximate surface area is 239 Å². The lowest BCUT2D eigenvalue weighted by molar-refractivity contribution is -0.119. The van der Waals surface area contributed by atoms with Crippen molar-refractivity contribution in [1.29, 1.82) is 0 Å². The number of rotatable bonds is 8. The standard InChI is InChI=1S/C29H34Cl2N6O2/c1-20(38)32-16-21-5-9-36(10-6-21)19-22-11-26(23-13-24(30)15-25(31)14-23)35-28(12-22)39-29-18-33-27(17-34-29)37-7-3-2-4-8-37/h11-15,17-18,21H,2-10,16,19H2,1H3,(H,32,38). The molecule has 0 aliphatic carbocycles. The van der Waals surface area contributed by atoms with Crippen LogP contribution in [0.3, 0.4) is 0 Å². The number of pyridine rings is 1. The molecule has 10 heteroatoms. The molecule has 2 aliphatic rings. The maximum atomic E-state index is 11.3. The van der Waals surface area contributed by atoms with Gasteiger partial charge in [-0.05, 0) is 80.9 Å². The highest BCUT2D eigenvalue weighted by atomic mass is 35.5. The Morgan fingerprint density at radius 2 is 1.69 bits per heavy atom. The van der Waals surface area contributed by atoms with E-state index in [1.54, 1.807) is 25.4 Å². The predicted octanol–water partition coefficient (Wildman–Crippen LogP) is 5.98. The third-order valence-electron chi connectivity index (χ3n) is 7.28. The molecule has 39 heavy (non-hydrogen) atoms. The van der Waals surface area contributed by atoms with Crippen molar-refractivity contribution in [3.8, 4) is 23.0 Å². The molecule has 2 aromatic heterocycles. The van der Waals surface area contributed by atoms with Crippen LogP contribution in [0.1, 0.15) is 44.6 Å². The fourth-order valence-electron chi connectivity index (χ4n) is 5.20. The largest absolute Gasteiger partial charge is 0.419 e. The van der Waals surface area contributed by atoms with Crippen LogP contribution in [0.2, 0.25) is 10.0 Å². The van der Waals surface area contributed by atoms with E-state index in [9.17, 15) is 4.79 Å². The number of amides is 1. The van der Waals surface area contributed by atoms with Gasteiger partial charge >= 0.3 is 0 Å². The molecular weight excluding hydrogens is 535 g/mol. The van der Waals surface area contributed by atoms with Crippen LogP contribution in [0.4, 0.5) is 5.82 Å². The van der Waals surface area contributed by atoms with Crippen molar-refractivity contribution in [2.24, 2.45) is 5.92 Å². The van der Waals surface area contributed by atoms with E-state index in [1.165, 1.54) is 19.3 Å². The zero-order valence-electron chi connectivity index (χ0n) is 22.2. The zero-order chi connectivity index (χ0) is 27.2. The molecule has 1 N–H and O–H groups in total. The number of anilines is 1. The Balaban J connectivity index is 1.33. The number of hydrogen-bond donors (Lipinski definition) is 1. The molecule has 0 saturated carbocycles. The maximum Gasteiger partial charge on any atom is 0.239 e. The molecule has 1 aromatic carbocycles. The average Bonchev–Trinajstić information content (AvgIpc) is 2.93. The van der Waals surface area contributed by atoms with Gasteiger partial charge in [0.2, 0.25) is 17.7 Å². The molecule has 3 aromatic rings. The summed E-state index contributed by atoms with van der Waals surface area (Å²) in [6.45, 7) is 7.01. The number of hydrogen-bond acceptors (Lipinski definition) is 7. The number of carbonyl (C=O) groups excluding carboxylic acids is 1. The number of nitrogens with zero attached hydrogens (tertiary/aromatic N) is 5. The van der Waals surface area contributed by atoms with Crippen molar-refractivity contribution >= 4 is 34.9 Å². The second kappa shape index (κ2) is 12.9. The van der Waals surface area contributed by atoms with Gasteiger partial charge in [0, 0.05) is 54.8 Å². The number of nitrogens with one attached hydrogen (secondary N) is 1. The Kier molecular flexibility index (Phi) is 9.17. The lowest BCUT2D eigenvalue weighted by Gasteiger charge is -2.32. The van der Waals surface area contributed by atoms with Gasteiger partial charge in [-0.3, -0.25) is 9.69 Å². The van der Waals surface area contributed by atoms with E-state index in [4.69, 9.17) is 32.9 Å². The molecule has 0 bridgehead atoms. The Bertz CT molecular complexity index is 1260. The second-order valence-corrected chi connectivity index (χ2v) is 11.2. The first-order valence-corrected chi connectivity index (χ1v) is 14.4. The van der Waals surface area contributed by atoms with Crippen molar-refractivity contribution in [3.63, 3.8) is 0 Å². The van der Waals surface area contributed by atoms with Crippen LogP contribution in [0.5, 0.6) is 11.8 Å². The molecule has 2 aliphatic heterocycles. The van der Waals surface area contributed by atoms with Crippen LogP contribution in [-0.2, 0) is 11.3 Å². The molecule has 206 valence electrons. The number of ether oxygens (including phenoxy) is 1. The molecular formula is C29H34Cl2N6O2. The normalized spacial score (nSPS) is 16.7. The van der Waals surface area contributed by atoms with Crippen molar-refractivity contribution in [3.05, 3.63) is 58.3 Å². The highest BCUT2D eigenvalue weighted by Crippen LogP contribution is 2.30. The van der Waals surface area contributed by atoms with Crippen LogP contribution >= 0.6 is 23.2 Å². The van der Waals surface area contributed by atoms with Crippen LogP contribution in [0.15, 0.2) is 42.7 Å². The summed E-state index contributed by atoms with van der Waals surface area (Å²) in [5.74, 6) is 2.26. The molecule has 8 nitrogen and oxygen atoms in total. The molecule has 2 saturated heterocycles. The number of likely N-dealkylation sites (tertiary alicyclic amines) is 1. The molecule has 0 atom stereocenters. The summed E-state index contributed by atoms with van der Waals surface area (Å²) in [6, 6.07) is 9.43. The number of halogens is 2. The van der Waals surface area contributed by atoms with Crippen LogP contribution < -0.4 is 15.0 Å². The summed E-state index contributed by atoms with van der Waals surface area (Å²) < 4.78 is 6.12. The molecule has 4 heterocycles. The highest BCUT2D eigenvalue weighted by molar-refractivity contribution is 6.35. The van der Waals surface area contributed by atoms with E-state index in [-0.39, 0.29) is 5.91 Å². The predicted molar refractivity (Wildman–Crippen MR) is 155 cm³/mol. The minimum absolute atomic E-state index is 0.0289. The van der Waals surface area contributed by atoms with Crippen LogP contribution in [-0.4, -0.2) is 58.5 Å². The van der Waals surface area contributed by atoms with Gasteiger partial charge in [-0.1, -0.05) is 23.2 Å². The van der Waals surface area contributed by atoms with Crippen LogP contribution in [0.25, 0.3) is 11.3 Å². The van der Waals surface area contributed by atoms with Crippen LogP contribution in [0, 0.1) is 5.92 Å². The summed E-state index contributed by atoms with van der Waals surface area (Å²) in [7, 11) is 0. The van der Waals surface area contributed by atoms with Crippen molar-refractivity contribution in [2.75, 3.05) is 37.6 Å². The monoisotopic (exact) mass is 568 g/mol. The number of benzene rings is 1. The first-order chi connectivity index (χ1) is 18.9. The summed E-state index contributed by atoms with van der Waals surface area (Å²) in [4.78, 5) is 29.8. The molecule has 0 unspecified atom stereocenters. The molecule has 0 spiro atoms. The van der Waals surface area contributed by atoms with E-state index in [1.807, 2.05) is 18.2 Å². The van der Waals surface area contributed by atoms with Gasteiger partial charge in [0.05, 0.1) is 18.1 Å². The van der Waals surface area contributed by atoms with Gasteiger partial charge < -0.3 is 15.0 Å². The first kappa shape index (κ1) is 27.6. The fourth-order valence-corrected chi connectivity index (χ4v) is 5.73. The SMILES string of the molecule is CC(=O)NCC1CCN(Cc2cc(Oc3cnc(N4CCCCC4)cn3)nc(-c3cc(Cl)cc(Cl)c3)c2)CC1. The van der Waals surface area contributed by atoms with Gasteiger partial charge in [-0.25, -0.2) is 15.0 Å². The molecule has 2 fully saturated rings. The summed E-state index contributed by atoms with van der Waals surface area (Å²) in [6.07, 6.45) is 9.15. The van der Waals surface area contributed by atoms with E-state index in [0.717, 1.165) is 74.7 Å². The van der Waals surface area contributed by atoms with E-state index >= 15 is 0 Å². The lowest BCUT2D eigenvalue weighted by atomic mass is 9.96. The Morgan fingerprint density at radius 3 is 2.36 bits per heavy atom. The minimum atomic E-state index is 0.0289. The lowest BCUT2D eigenvalue weighted by Crippen LogP contribution is -2.37. The molecule has 1 amide bonds. The van der Waals surface area contributed by atoms with Gasteiger partial charge in [-0.15, -0.1) is 0 Å². The Morgan fingerprint density at radius 1 is 0.949 bits per heavy atom. The van der Waals surface area contributed by atoms with Gasteiger partial charge in [-0.2, -0.15) is 0 Å². The average molecular weight is 570 g/mol. The topological polar surface area (TPSA) is 83.5 Å². The zero-order valence-corrected chi connectivity index (χ0v) is 23.7. The molecule has 0 radical (unpaired) electrons. The summed E-state index contributed by atoms with van der Waals surface area (Å²) >= 11 is 12.6. The van der Waals surface area contributed by atoms with Gasteiger partial charge in [0.25, 0.3) is 0 Å². The third kappa shape index (κ3) is 7.81. The van der Waals surface area contributed by atoms with Gasteiger partial charge in [0.15, 0.2) is 0 Å². The number of carbonyl (C=O) groups is 1. The minimum Gasteiger partial charge on any atom is -0.419 e. The molecule has 5 rings (SSSR count). The van der Waals surface area contributed by atoms with E-state index in [2.05, 4.69) is 31.2 Å². The quantitative estimate of drug-likeness (QED) is 0.358. The smallest absolute Gasteiger partial charge is 0.239 e. The number of piperidine rings is 2. The fraction of sp³-hybridized carbons (Fsp3) is 0.448. The van der Waals surface area contributed by atoms with E-state index < -0.39 is 0 Å². The summed E-state index contributed by atoms with van der Waals surface area (Å²) in [5, 5.41) is 4.05. The highest BCUT2D eigenvalue weighted by Gasteiger charge is 2.20. The van der Waals surface area contributed by atoms with Gasteiger partial charge in [0.1, 0.15) is 5.82 Å². The van der Waals surface area contributed by atoms with Crippen molar-refractivity contribution in [1.82, 2.24) is 25.2 Å². The maximum absolute atomic E-state index is 11.3.